The van der Waals surface area contributed by atoms with Gasteiger partial charge in [0.25, 0.3) is 0 Å². The van der Waals surface area contributed by atoms with Crippen molar-refractivity contribution in [2.45, 2.75) is 19.8 Å². The lowest BCUT2D eigenvalue weighted by Crippen LogP contribution is -2.40. The molecular weight excluding hydrogens is 280 g/mol. The number of thiophene rings is 1. The highest BCUT2D eigenvalue weighted by Crippen LogP contribution is 2.25. The molecule has 2 heterocycles. The van der Waals surface area contributed by atoms with Crippen molar-refractivity contribution in [3.05, 3.63) is 17.0 Å². The van der Waals surface area contributed by atoms with Crippen LogP contribution in [0.2, 0.25) is 0 Å². The number of aromatic carboxylic acids is 1. The highest BCUT2D eigenvalue weighted by atomic mass is 32.1. The molecule has 7 heteroatoms. The van der Waals surface area contributed by atoms with Gasteiger partial charge in [0.1, 0.15) is 5.00 Å². The SMILES string of the molecule is CC(=O)N1CCC(C(=O)Nc2sccc2C(=O)O)CC1. The molecule has 0 aromatic carbocycles. The third-order valence-electron chi connectivity index (χ3n) is 3.44. The second-order valence-electron chi connectivity index (χ2n) is 4.74. The summed E-state index contributed by atoms with van der Waals surface area (Å²) < 4.78 is 0. The molecule has 1 saturated heterocycles. The van der Waals surface area contributed by atoms with E-state index in [0.717, 1.165) is 0 Å². The van der Waals surface area contributed by atoms with Crippen LogP contribution in [0.4, 0.5) is 5.00 Å². The zero-order valence-corrected chi connectivity index (χ0v) is 11.9. The quantitative estimate of drug-likeness (QED) is 0.887. The molecule has 0 aliphatic carbocycles. The number of piperidine rings is 1. The summed E-state index contributed by atoms with van der Waals surface area (Å²) in [6.45, 7) is 2.67. The number of nitrogens with zero attached hydrogens (tertiary/aromatic N) is 1. The molecular formula is C13H16N2O4S. The Morgan fingerprint density at radius 3 is 2.55 bits per heavy atom. The lowest BCUT2D eigenvalue weighted by molar-refractivity contribution is -0.132. The number of carboxylic acid groups (broad SMARTS) is 1. The van der Waals surface area contributed by atoms with Gasteiger partial charge in [0.15, 0.2) is 0 Å². The van der Waals surface area contributed by atoms with Crippen LogP contribution >= 0.6 is 11.3 Å². The second kappa shape index (κ2) is 6.04. The molecule has 0 bridgehead atoms. The predicted molar refractivity (Wildman–Crippen MR) is 74.9 cm³/mol. The number of hydrogen-bond acceptors (Lipinski definition) is 4. The third-order valence-corrected chi connectivity index (χ3v) is 4.27. The molecule has 1 aliphatic rings. The van der Waals surface area contributed by atoms with Gasteiger partial charge in [-0.3, -0.25) is 9.59 Å². The van der Waals surface area contributed by atoms with Gasteiger partial charge in [0, 0.05) is 25.9 Å². The molecule has 2 N–H and O–H groups in total. The van der Waals surface area contributed by atoms with Gasteiger partial charge in [-0.15, -0.1) is 11.3 Å². The number of rotatable bonds is 3. The number of carboxylic acids is 1. The van der Waals surface area contributed by atoms with Crippen molar-refractivity contribution in [1.82, 2.24) is 4.90 Å². The largest absolute Gasteiger partial charge is 0.478 e. The van der Waals surface area contributed by atoms with Gasteiger partial charge in [-0.2, -0.15) is 0 Å². The van der Waals surface area contributed by atoms with Crippen molar-refractivity contribution in [2.75, 3.05) is 18.4 Å². The average molecular weight is 296 g/mol. The van der Waals surface area contributed by atoms with E-state index in [4.69, 9.17) is 5.11 Å². The minimum atomic E-state index is -1.05. The fourth-order valence-electron chi connectivity index (χ4n) is 2.25. The molecule has 0 atom stereocenters. The van der Waals surface area contributed by atoms with E-state index in [1.54, 1.807) is 10.3 Å². The third kappa shape index (κ3) is 3.16. The van der Waals surface area contributed by atoms with Crippen LogP contribution in [0.5, 0.6) is 0 Å². The second-order valence-corrected chi connectivity index (χ2v) is 5.65. The molecule has 0 saturated carbocycles. The van der Waals surface area contributed by atoms with Gasteiger partial charge in [-0.1, -0.05) is 0 Å². The van der Waals surface area contributed by atoms with Crippen molar-refractivity contribution in [3.63, 3.8) is 0 Å². The van der Waals surface area contributed by atoms with E-state index in [2.05, 4.69) is 5.32 Å². The number of likely N-dealkylation sites (tertiary alicyclic amines) is 1. The van der Waals surface area contributed by atoms with Gasteiger partial charge < -0.3 is 15.3 Å². The number of carbonyl (C=O) groups is 3. The molecule has 1 aromatic heterocycles. The maximum atomic E-state index is 12.1. The lowest BCUT2D eigenvalue weighted by atomic mass is 9.96. The lowest BCUT2D eigenvalue weighted by Gasteiger charge is -2.30. The van der Waals surface area contributed by atoms with Crippen LogP contribution in [0.3, 0.4) is 0 Å². The topological polar surface area (TPSA) is 86.7 Å². The molecule has 1 aliphatic heterocycles. The summed E-state index contributed by atoms with van der Waals surface area (Å²) in [6, 6.07) is 1.47. The molecule has 0 unspecified atom stereocenters. The Balaban J connectivity index is 1.94. The van der Waals surface area contributed by atoms with Crippen molar-refractivity contribution >= 4 is 34.1 Å². The van der Waals surface area contributed by atoms with Gasteiger partial charge in [0.05, 0.1) is 5.56 Å². The van der Waals surface area contributed by atoms with Crippen LogP contribution in [0.15, 0.2) is 11.4 Å². The summed E-state index contributed by atoms with van der Waals surface area (Å²) in [4.78, 5) is 36.0. The van der Waals surface area contributed by atoms with E-state index in [-0.39, 0.29) is 23.3 Å². The average Bonchev–Trinajstić information content (AvgIpc) is 2.87. The molecule has 6 nitrogen and oxygen atoms in total. The monoisotopic (exact) mass is 296 g/mol. The van der Waals surface area contributed by atoms with Gasteiger partial charge in [0.2, 0.25) is 11.8 Å². The highest BCUT2D eigenvalue weighted by molar-refractivity contribution is 7.14. The maximum absolute atomic E-state index is 12.1. The highest BCUT2D eigenvalue weighted by Gasteiger charge is 2.27. The number of amides is 2. The van der Waals surface area contributed by atoms with Crippen molar-refractivity contribution in [1.29, 1.82) is 0 Å². The Hall–Kier alpha value is -1.89. The molecule has 20 heavy (non-hydrogen) atoms. The number of anilines is 1. The Morgan fingerprint density at radius 1 is 1.35 bits per heavy atom. The Bertz CT molecular complexity index is 532. The van der Waals surface area contributed by atoms with Crippen LogP contribution in [-0.4, -0.2) is 40.9 Å². The Labute approximate surface area is 120 Å². The molecule has 2 amide bonds. The van der Waals surface area contributed by atoms with Crippen LogP contribution in [0, 0.1) is 5.92 Å². The van der Waals surface area contributed by atoms with E-state index in [9.17, 15) is 14.4 Å². The summed E-state index contributed by atoms with van der Waals surface area (Å²) in [5.41, 5.74) is 0.115. The molecule has 0 radical (unpaired) electrons. The predicted octanol–water partition coefficient (Wildman–Crippen LogP) is 1.64. The first kappa shape index (κ1) is 14.5. The van der Waals surface area contributed by atoms with Crippen LogP contribution in [0.25, 0.3) is 0 Å². The zero-order chi connectivity index (χ0) is 14.7. The number of carbonyl (C=O) groups excluding carboxylic acids is 2. The van der Waals surface area contributed by atoms with Gasteiger partial charge in [-0.05, 0) is 24.3 Å². The minimum Gasteiger partial charge on any atom is -0.478 e. The van der Waals surface area contributed by atoms with Crippen molar-refractivity contribution in [3.8, 4) is 0 Å². The number of nitrogens with one attached hydrogen (secondary N) is 1. The summed E-state index contributed by atoms with van der Waals surface area (Å²) >= 11 is 1.20. The summed E-state index contributed by atoms with van der Waals surface area (Å²) in [5.74, 6) is -1.37. The molecule has 1 aromatic rings. The van der Waals surface area contributed by atoms with Crippen molar-refractivity contribution in [2.24, 2.45) is 5.92 Å². The van der Waals surface area contributed by atoms with Crippen LogP contribution in [0.1, 0.15) is 30.1 Å². The van der Waals surface area contributed by atoms with Crippen LogP contribution < -0.4 is 5.32 Å². The maximum Gasteiger partial charge on any atom is 0.338 e. The van der Waals surface area contributed by atoms with E-state index in [1.807, 2.05) is 0 Å². The molecule has 0 spiro atoms. The Kier molecular flexibility index (Phi) is 4.39. The number of hydrogen-bond donors (Lipinski definition) is 2. The van der Waals surface area contributed by atoms with Crippen LogP contribution in [-0.2, 0) is 9.59 Å². The van der Waals surface area contributed by atoms with Crippen molar-refractivity contribution < 1.29 is 19.5 Å². The van der Waals surface area contributed by atoms with E-state index < -0.39 is 5.97 Å². The molecule has 1 fully saturated rings. The first-order valence-electron chi connectivity index (χ1n) is 6.36. The summed E-state index contributed by atoms with van der Waals surface area (Å²) in [6.07, 6.45) is 1.22. The Morgan fingerprint density at radius 2 is 2.00 bits per heavy atom. The van der Waals surface area contributed by atoms with E-state index >= 15 is 0 Å². The first-order chi connectivity index (χ1) is 9.49. The minimum absolute atomic E-state index is 0.0234. The zero-order valence-electron chi connectivity index (χ0n) is 11.1. The summed E-state index contributed by atoms with van der Waals surface area (Å²) in [7, 11) is 0. The van der Waals surface area contributed by atoms with Gasteiger partial charge in [-0.25, -0.2) is 4.79 Å². The van der Waals surface area contributed by atoms with E-state index in [1.165, 1.54) is 24.3 Å². The van der Waals surface area contributed by atoms with E-state index in [0.29, 0.717) is 30.9 Å². The van der Waals surface area contributed by atoms with Gasteiger partial charge >= 0.3 is 5.97 Å². The molecule has 2 rings (SSSR count). The fraction of sp³-hybridized carbons (Fsp3) is 0.462. The fourth-order valence-corrected chi connectivity index (χ4v) is 3.03. The first-order valence-corrected chi connectivity index (χ1v) is 7.24. The standard InChI is InChI=1S/C13H16N2O4S/c1-8(16)15-5-2-9(3-6-15)11(17)14-12-10(13(18)19)4-7-20-12/h4,7,9H,2-3,5-6H2,1H3,(H,14,17)(H,18,19). The summed E-state index contributed by atoms with van der Waals surface area (Å²) in [5, 5.41) is 13.7. The molecule has 108 valence electrons. The normalized spacial score (nSPS) is 15.9. The smallest absolute Gasteiger partial charge is 0.338 e.